The molecule has 0 unspecified atom stereocenters. The van der Waals surface area contributed by atoms with E-state index in [-0.39, 0.29) is 29.3 Å². The van der Waals surface area contributed by atoms with E-state index in [2.05, 4.69) is 10.3 Å². The minimum Gasteiger partial charge on any atom is -0.466 e. The number of aromatic nitrogens is 1. The van der Waals surface area contributed by atoms with Gasteiger partial charge in [-0.15, -0.1) is 0 Å². The van der Waals surface area contributed by atoms with Gasteiger partial charge in [-0.25, -0.2) is 0 Å². The predicted octanol–water partition coefficient (Wildman–Crippen LogP) is 5.13. The van der Waals surface area contributed by atoms with Gasteiger partial charge in [0.15, 0.2) is 0 Å². The van der Waals surface area contributed by atoms with E-state index < -0.39 is 5.91 Å². The first-order chi connectivity index (χ1) is 17.3. The molecule has 36 heavy (non-hydrogen) atoms. The lowest BCUT2D eigenvalue weighted by molar-refractivity contribution is -0.143. The summed E-state index contributed by atoms with van der Waals surface area (Å²) in [5, 5.41) is 3.82. The Balaban J connectivity index is 1.50. The van der Waals surface area contributed by atoms with E-state index in [1.807, 2.05) is 24.3 Å². The lowest BCUT2D eigenvalue weighted by Crippen LogP contribution is -2.28. The summed E-state index contributed by atoms with van der Waals surface area (Å²) in [6.07, 6.45) is 5.95. The number of halogens is 1. The molecule has 1 amide bonds. The summed E-state index contributed by atoms with van der Waals surface area (Å²) in [5.41, 5.74) is 2.16. The number of carbonyl (C=O) groups excluding carboxylic acids is 3. The van der Waals surface area contributed by atoms with E-state index >= 15 is 0 Å². The molecule has 2 N–H and O–H groups in total. The number of hydrogen-bond acceptors (Lipinski definition) is 5. The third-order valence-electron chi connectivity index (χ3n) is 5.84. The van der Waals surface area contributed by atoms with Crippen molar-refractivity contribution >= 4 is 40.2 Å². The molecule has 2 aromatic carbocycles. The molecule has 1 heterocycles. The first kappa shape index (κ1) is 27.1. The molecule has 3 aromatic rings. The zero-order valence-electron chi connectivity index (χ0n) is 20.4. The van der Waals surface area contributed by atoms with Gasteiger partial charge in [0, 0.05) is 41.5 Å². The molecule has 0 aliphatic rings. The molecule has 0 atom stereocenters. The summed E-state index contributed by atoms with van der Waals surface area (Å²) < 4.78 is 5.29. The molecular weight excluding hydrogens is 480 g/mol. The number of benzene rings is 2. The van der Waals surface area contributed by atoms with Crippen molar-refractivity contribution in [3.05, 3.63) is 80.6 Å². The summed E-state index contributed by atoms with van der Waals surface area (Å²) >= 11 is 5.89. The molecule has 0 fully saturated rings. The zero-order chi connectivity index (χ0) is 25.9. The van der Waals surface area contributed by atoms with Crippen LogP contribution in [0.15, 0.2) is 53.5 Å². The van der Waals surface area contributed by atoms with Crippen molar-refractivity contribution in [2.45, 2.75) is 58.4 Å². The Labute approximate surface area is 215 Å². The number of nitrogens with one attached hydrogen (secondary N) is 2. The normalized spacial score (nSPS) is 10.8. The number of hydrogen-bond donors (Lipinski definition) is 2. The number of aromatic amines is 1. The Morgan fingerprint density at radius 3 is 2.42 bits per heavy atom. The molecule has 0 radical (unpaired) electrons. The average molecular weight is 511 g/mol. The van der Waals surface area contributed by atoms with Crippen LogP contribution in [0.3, 0.4) is 0 Å². The highest BCUT2D eigenvalue weighted by atomic mass is 35.5. The van der Waals surface area contributed by atoms with Crippen molar-refractivity contribution in [2.75, 3.05) is 6.61 Å². The molecule has 3 rings (SSSR count). The third-order valence-corrected chi connectivity index (χ3v) is 6.09. The van der Waals surface area contributed by atoms with Gasteiger partial charge in [-0.3, -0.25) is 14.4 Å². The topological polar surface area (TPSA) is 105 Å². The van der Waals surface area contributed by atoms with Gasteiger partial charge >= 0.3 is 5.97 Å². The van der Waals surface area contributed by atoms with Crippen molar-refractivity contribution in [2.24, 2.45) is 0 Å². The van der Waals surface area contributed by atoms with Crippen LogP contribution >= 0.6 is 11.6 Å². The Hall–Kier alpha value is -3.45. The maximum Gasteiger partial charge on any atom is 0.305 e. The summed E-state index contributed by atoms with van der Waals surface area (Å²) in [5.74, 6) is -0.518. The molecule has 0 bridgehead atoms. The fourth-order valence-corrected chi connectivity index (χ4v) is 3.95. The number of H-pyrrole nitrogens is 1. The minimum absolute atomic E-state index is 0.0471. The van der Waals surface area contributed by atoms with Crippen LogP contribution in [-0.2, 0) is 27.3 Å². The van der Waals surface area contributed by atoms with Crippen LogP contribution in [-0.4, -0.2) is 29.3 Å². The molecule has 0 aliphatic heterocycles. The van der Waals surface area contributed by atoms with E-state index in [0.29, 0.717) is 48.2 Å². The van der Waals surface area contributed by atoms with Crippen LogP contribution in [0, 0.1) is 0 Å². The van der Waals surface area contributed by atoms with Crippen LogP contribution in [0.5, 0.6) is 0 Å². The van der Waals surface area contributed by atoms with Gasteiger partial charge in [-0.2, -0.15) is 0 Å². The van der Waals surface area contributed by atoms with Crippen molar-refractivity contribution < 1.29 is 19.1 Å². The van der Waals surface area contributed by atoms with Crippen LogP contribution in [0.25, 0.3) is 10.9 Å². The Morgan fingerprint density at radius 2 is 1.67 bits per heavy atom. The van der Waals surface area contributed by atoms with Crippen molar-refractivity contribution in [1.82, 2.24) is 10.3 Å². The number of esters is 1. The lowest BCUT2D eigenvalue weighted by Gasteiger charge is -2.08. The number of unbranched alkanes of at least 4 members (excludes halogenated alkanes) is 2. The number of ether oxygens (including phenoxy) is 1. The summed E-state index contributed by atoms with van der Waals surface area (Å²) in [6.45, 7) is 2.15. The summed E-state index contributed by atoms with van der Waals surface area (Å²) in [6, 6.07) is 12.6. The van der Waals surface area contributed by atoms with Gasteiger partial charge in [-0.1, -0.05) is 36.2 Å². The van der Waals surface area contributed by atoms with Crippen LogP contribution in [0.4, 0.5) is 0 Å². The molecule has 190 valence electrons. The number of carbonyl (C=O) groups is 3. The van der Waals surface area contributed by atoms with Crippen molar-refractivity contribution in [3.8, 4) is 0 Å². The monoisotopic (exact) mass is 510 g/mol. The van der Waals surface area contributed by atoms with E-state index in [1.165, 1.54) is 6.20 Å². The highest BCUT2D eigenvalue weighted by molar-refractivity contribution is 6.30. The van der Waals surface area contributed by atoms with Gasteiger partial charge < -0.3 is 19.8 Å². The van der Waals surface area contributed by atoms with Crippen LogP contribution < -0.4 is 10.7 Å². The second-order valence-electron chi connectivity index (χ2n) is 8.81. The minimum atomic E-state index is -0.452. The second kappa shape index (κ2) is 13.6. The largest absolute Gasteiger partial charge is 0.466 e. The summed E-state index contributed by atoms with van der Waals surface area (Å²) in [7, 11) is 0. The number of ketones is 1. The number of fused-ring (bicyclic) bond motifs is 1. The third kappa shape index (κ3) is 8.34. The Bertz CT molecular complexity index is 1270. The highest BCUT2D eigenvalue weighted by Gasteiger charge is 2.13. The van der Waals surface area contributed by atoms with E-state index in [1.54, 1.807) is 25.1 Å². The average Bonchev–Trinajstić information content (AvgIpc) is 2.86. The van der Waals surface area contributed by atoms with Gasteiger partial charge in [0.1, 0.15) is 11.3 Å². The SMILES string of the molecule is CC(=O)CCCCCC(=O)OCCCc1ccc2[nH]cc(C(=O)NCc3ccc(Cl)cc3)c(=O)c2c1. The number of pyridine rings is 1. The zero-order valence-corrected chi connectivity index (χ0v) is 21.2. The molecule has 0 spiro atoms. The lowest BCUT2D eigenvalue weighted by atomic mass is 10.0. The first-order valence-corrected chi connectivity index (χ1v) is 12.5. The smallest absolute Gasteiger partial charge is 0.305 e. The summed E-state index contributed by atoms with van der Waals surface area (Å²) in [4.78, 5) is 51.4. The van der Waals surface area contributed by atoms with Crippen molar-refractivity contribution in [3.63, 3.8) is 0 Å². The molecule has 1 aromatic heterocycles. The van der Waals surface area contributed by atoms with Crippen LogP contribution in [0.1, 0.15) is 66.9 Å². The van der Waals surface area contributed by atoms with E-state index in [0.717, 1.165) is 30.4 Å². The fourth-order valence-electron chi connectivity index (χ4n) is 3.82. The molecule has 0 saturated heterocycles. The molecule has 8 heteroatoms. The number of Topliss-reactive ketones (excluding diaryl/α,β-unsaturated/α-hetero) is 1. The molecular formula is C28H31ClN2O5. The van der Waals surface area contributed by atoms with Gasteiger partial charge in [-0.05, 0) is 68.0 Å². The fraction of sp³-hybridized carbons (Fsp3) is 0.357. The predicted molar refractivity (Wildman–Crippen MR) is 140 cm³/mol. The van der Waals surface area contributed by atoms with Gasteiger partial charge in [0.05, 0.1) is 6.61 Å². The maximum absolute atomic E-state index is 13.0. The first-order valence-electron chi connectivity index (χ1n) is 12.2. The quantitative estimate of drug-likeness (QED) is 0.245. The van der Waals surface area contributed by atoms with Crippen molar-refractivity contribution in [1.29, 1.82) is 0 Å². The standard InChI is InChI=1S/C28H31ClN2O5/c1-19(32)6-3-2-4-8-26(33)36-15-5-7-20-11-14-25-23(16-20)27(34)24(18-30-25)28(35)31-17-21-9-12-22(29)13-10-21/h9-14,16,18H,2-8,15,17H2,1H3,(H,30,34)(H,31,35). The second-order valence-corrected chi connectivity index (χ2v) is 9.24. The number of amides is 1. The van der Waals surface area contributed by atoms with E-state index in [9.17, 15) is 19.2 Å². The highest BCUT2D eigenvalue weighted by Crippen LogP contribution is 2.14. The molecule has 0 aliphatic carbocycles. The van der Waals surface area contributed by atoms with Gasteiger partial charge in [0.25, 0.3) is 5.91 Å². The van der Waals surface area contributed by atoms with Crippen LogP contribution in [0.2, 0.25) is 5.02 Å². The Kier molecular flexibility index (Phi) is 10.2. The van der Waals surface area contributed by atoms with E-state index in [4.69, 9.17) is 16.3 Å². The maximum atomic E-state index is 13.0. The Morgan fingerprint density at radius 1 is 0.944 bits per heavy atom. The van der Waals surface area contributed by atoms with Gasteiger partial charge in [0.2, 0.25) is 5.43 Å². The number of rotatable bonds is 13. The number of aryl methyl sites for hydroxylation is 1. The molecule has 7 nitrogen and oxygen atoms in total. The molecule has 0 saturated carbocycles.